The second-order valence-corrected chi connectivity index (χ2v) is 7.95. The summed E-state index contributed by atoms with van der Waals surface area (Å²) in [4.78, 5) is 1.90. The molecule has 1 aliphatic rings. The Morgan fingerprint density at radius 1 is 1.35 bits per heavy atom. The number of nitrogens with zero attached hydrogens (tertiary/aromatic N) is 1. The van der Waals surface area contributed by atoms with Crippen LogP contribution in [0, 0.1) is 0 Å². The van der Waals surface area contributed by atoms with Crippen molar-refractivity contribution in [2.24, 2.45) is 0 Å². The van der Waals surface area contributed by atoms with Crippen LogP contribution in [0.15, 0.2) is 29.2 Å². The minimum Gasteiger partial charge on any atom is -0.298 e. The molecule has 1 aliphatic heterocycles. The van der Waals surface area contributed by atoms with Crippen molar-refractivity contribution in [1.29, 1.82) is 0 Å². The molecule has 0 amide bonds. The molecule has 1 aromatic rings. The number of halogens is 2. The average molecular weight is 321 g/mol. The van der Waals surface area contributed by atoms with Gasteiger partial charge in [0.05, 0.1) is 4.90 Å². The molecule has 20 heavy (non-hydrogen) atoms. The Balaban J connectivity index is 2.05. The topological polar surface area (TPSA) is 37.4 Å². The molecule has 112 valence electrons. The van der Waals surface area contributed by atoms with Gasteiger partial charge in [-0.15, -0.1) is 0 Å². The maximum Gasteiger partial charge on any atom is 0.341 e. The van der Waals surface area contributed by atoms with Crippen molar-refractivity contribution >= 4 is 21.6 Å². The molecule has 0 N–H and O–H groups in total. The van der Waals surface area contributed by atoms with Crippen LogP contribution in [0.2, 0.25) is 0 Å². The van der Waals surface area contributed by atoms with Crippen LogP contribution in [-0.2, 0) is 16.4 Å². The number of benzene rings is 1. The van der Waals surface area contributed by atoms with Gasteiger partial charge in [-0.05, 0) is 36.9 Å². The Bertz CT molecular complexity index is 540. The summed E-state index contributed by atoms with van der Waals surface area (Å²) < 4.78 is 47.5. The first-order valence-corrected chi connectivity index (χ1v) is 9.00. The SMILES string of the molecule is CN(Cc1ccc(S(=O)(=O)C(F)F)cc1)[C@@H]1CCSC1. The van der Waals surface area contributed by atoms with E-state index in [0.29, 0.717) is 12.6 Å². The highest BCUT2D eigenvalue weighted by Gasteiger charge is 2.26. The molecule has 0 aliphatic carbocycles. The van der Waals surface area contributed by atoms with Crippen LogP contribution in [0.3, 0.4) is 0 Å². The summed E-state index contributed by atoms with van der Waals surface area (Å²) in [5, 5.41) is 0. The monoisotopic (exact) mass is 321 g/mol. The number of thioether (sulfide) groups is 1. The summed E-state index contributed by atoms with van der Waals surface area (Å²) in [7, 11) is -2.46. The molecule has 0 saturated carbocycles. The fourth-order valence-electron chi connectivity index (χ4n) is 2.17. The summed E-state index contributed by atoms with van der Waals surface area (Å²) >= 11 is 1.93. The largest absolute Gasteiger partial charge is 0.341 e. The van der Waals surface area contributed by atoms with Gasteiger partial charge in [-0.1, -0.05) is 12.1 Å². The van der Waals surface area contributed by atoms with Crippen molar-refractivity contribution in [3.63, 3.8) is 0 Å². The maximum absolute atomic E-state index is 12.4. The van der Waals surface area contributed by atoms with Gasteiger partial charge < -0.3 is 0 Å². The van der Waals surface area contributed by atoms with E-state index in [0.717, 1.165) is 17.7 Å². The Labute approximate surface area is 122 Å². The predicted octanol–water partition coefficient (Wildman–Crippen LogP) is 2.62. The van der Waals surface area contributed by atoms with E-state index in [1.807, 2.05) is 18.8 Å². The van der Waals surface area contributed by atoms with E-state index in [1.54, 1.807) is 12.1 Å². The molecular weight excluding hydrogens is 304 g/mol. The van der Waals surface area contributed by atoms with E-state index in [9.17, 15) is 17.2 Å². The van der Waals surface area contributed by atoms with Crippen molar-refractivity contribution in [3.05, 3.63) is 29.8 Å². The third-order valence-corrected chi connectivity index (χ3v) is 5.99. The van der Waals surface area contributed by atoms with Crippen LogP contribution in [0.25, 0.3) is 0 Å². The lowest BCUT2D eigenvalue weighted by Gasteiger charge is -2.23. The molecule has 1 aromatic carbocycles. The number of hydrogen-bond acceptors (Lipinski definition) is 4. The van der Waals surface area contributed by atoms with Gasteiger partial charge in [-0.25, -0.2) is 8.42 Å². The molecule has 0 radical (unpaired) electrons. The Kier molecular flexibility index (Phi) is 5.04. The predicted molar refractivity (Wildman–Crippen MR) is 76.8 cm³/mol. The lowest BCUT2D eigenvalue weighted by atomic mass is 10.1. The molecule has 0 aromatic heterocycles. The van der Waals surface area contributed by atoms with Crippen LogP contribution < -0.4 is 0 Å². The van der Waals surface area contributed by atoms with Crippen molar-refractivity contribution in [1.82, 2.24) is 4.90 Å². The maximum atomic E-state index is 12.4. The van der Waals surface area contributed by atoms with Crippen molar-refractivity contribution in [3.8, 4) is 0 Å². The number of sulfone groups is 1. The zero-order chi connectivity index (χ0) is 14.8. The molecule has 1 heterocycles. The molecule has 2 rings (SSSR count). The molecule has 1 saturated heterocycles. The lowest BCUT2D eigenvalue weighted by molar-refractivity contribution is 0.234. The minimum absolute atomic E-state index is 0.324. The van der Waals surface area contributed by atoms with E-state index in [2.05, 4.69) is 4.90 Å². The second-order valence-electron chi connectivity index (χ2n) is 4.88. The van der Waals surface area contributed by atoms with Crippen molar-refractivity contribution in [2.75, 3.05) is 18.6 Å². The first kappa shape index (κ1) is 15.7. The third-order valence-electron chi connectivity index (χ3n) is 3.45. The molecule has 1 fully saturated rings. The first-order chi connectivity index (χ1) is 9.41. The zero-order valence-electron chi connectivity index (χ0n) is 11.1. The van der Waals surface area contributed by atoms with Crippen molar-refractivity contribution < 1.29 is 17.2 Å². The van der Waals surface area contributed by atoms with Gasteiger partial charge in [0.25, 0.3) is 0 Å². The highest BCUT2D eigenvalue weighted by molar-refractivity contribution is 7.99. The van der Waals surface area contributed by atoms with Crippen LogP contribution in [0.5, 0.6) is 0 Å². The van der Waals surface area contributed by atoms with Crippen LogP contribution in [0.4, 0.5) is 8.78 Å². The molecule has 1 atom stereocenters. The van der Waals surface area contributed by atoms with E-state index in [4.69, 9.17) is 0 Å². The average Bonchev–Trinajstić information content (AvgIpc) is 2.93. The smallest absolute Gasteiger partial charge is 0.298 e. The summed E-state index contributed by atoms with van der Waals surface area (Å²) in [5.74, 6) is -1.10. The van der Waals surface area contributed by atoms with Gasteiger partial charge >= 0.3 is 5.76 Å². The minimum atomic E-state index is -4.49. The molecule has 0 bridgehead atoms. The molecule has 3 nitrogen and oxygen atoms in total. The zero-order valence-corrected chi connectivity index (χ0v) is 12.8. The van der Waals surface area contributed by atoms with Gasteiger partial charge in [-0.2, -0.15) is 20.5 Å². The third kappa shape index (κ3) is 3.51. The second kappa shape index (κ2) is 6.41. The number of hydrogen-bond donors (Lipinski definition) is 0. The highest BCUT2D eigenvalue weighted by atomic mass is 32.2. The van der Waals surface area contributed by atoms with Gasteiger partial charge in [0.15, 0.2) is 0 Å². The van der Waals surface area contributed by atoms with Gasteiger partial charge in [-0.3, -0.25) is 4.90 Å². The van der Waals surface area contributed by atoms with Crippen LogP contribution in [0.1, 0.15) is 12.0 Å². The number of rotatable bonds is 5. The molecular formula is C13H17F2NO2S2. The van der Waals surface area contributed by atoms with Gasteiger partial charge in [0, 0.05) is 18.3 Å². The Hall–Kier alpha value is -0.660. The Morgan fingerprint density at radius 3 is 2.50 bits per heavy atom. The molecule has 7 heteroatoms. The Morgan fingerprint density at radius 2 is 2.00 bits per heavy atom. The van der Waals surface area contributed by atoms with Gasteiger partial charge in [0.2, 0.25) is 9.84 Å². The van der Waals surface area contributed by atoms with E-state index >= 15 is 0 Å². The lowest BCUT2D eigenvalue weighted by Crippen LogP contribution is -2.30. The summed E-state index contributed by atoms with van der Waals surface area (Å²) in [6.07, 6.45) is 1.15. The summed E-state index contributed by atoms with van der Waals surface area (Å²) in [6, 6.07) is 6.26. The first-order valence-electron chi connectivity index (χ1n) is 6.30. The van der Waals surface area contributed by atoms with Crippen LogP contribution in [-0.4, -0.2) is 43.7 Å². The van der Waals surface area contributed by atoms with E-state index < -0.39 is 15.6 Å². The normalized spacial score (nSPS) is 19.9. The van der Waals surface area contributed by atoms with Gasteiger partial charge in [0.1, 0.15) is 0 Å². The highest BCUT2D eigenvalue weighted by Crippen LogP contribution is 2.23. The molecule has 0 unspecified atom stereocenters. The standard InChI is InChI=1S/C13H17F2NO2S2/c1-16(11-6-7-19-9-11)8-10-2-4-12(5-3-10)20(17,18)13(14)15/h2-5,11,13H,6-9H2,1H3/t11-/m1/s1. The fourth-order valence-corrected chi connectivity index (χ4v) is 4.19. The van der Waals surface area contributed by atoms with Crippen LogP contribution >= 0.6 is 11.8 Å². The molecule has 0 spiro atoms. The summed E-state index contributed by atoms with van der Waals surface area (Å²) in [6.45, 7) is 0.695. The summed E-state index contributed by atoms with van der Waals surface area (Å²) in [5.41, 5.74) is 0.928. The van der Waals surface area contributed by atoms with E-state index in [-0.39, 0.29) is 4.90 Å². The van der Waals surface area contributed by atoms with Crippen molar-refractivity contribution in [2.45, 2.75) is 29.7 Å². The van der Waals surface area contributed by atoms with E-state index in [1.165, 1.54) is 17.9 Å². The quantitative estimate of drug-likeness (QED) is 0.835. The number of alkyl halides is 2. The fraction of sp³-hybridized carbons (Fsp3) is 0.538.